The van der Waals surface area contributed by atoms with Gasteiger partial charge in [-0.15, -0.1) is 0 Å². The van der Waals surface area contributed by atoms with E-state index in [-0.39, 0.29) is 11.6 Å². The summed E-state index contributed by atoms with van der Waals surface area (Å²) in [4.78, 5) is 11.5. The molecule has 2 rings (SSSR count). The number of pyridine rings is 1. The van der Waals surface area contributed by atoms with Crippen molar-refractivity contribution < 1.29 is 0 Å². The van der Waals surface area contributed by atoms with Crippen LogP contribution >= 0.6 is 0 Å². The van der Waals surface area contributed by atoms with Gasteiger partial charge < -0.3 is 10.3 Å². The first-order valence-electron chi connectivity index (χ1n) is 5.68. The van der Waals surface area contributed by atoms with Gasteiger partial charge >= 0.3 is 0 Å². The number of aromatic nitrogens is 1. The van der Waals surface area contributed by atoms with Crippen LogP contribution in [-0.2, 0) is 6.54 Å². The number of nitrogens with two attached hydrogens (primary N) is 1. The molecule has 82 valence electrons. The summed E-state index contributed by atoms with van der Waals surface area (Å²) in [7, 11) is 0. The van der Waals surface area contributed by atoms with Crippen molar-refractivity contribution in [2.45, 2.75) is 38.3 Å². The first-order valence-corrected chi connectivity index (χ1v) is 5.68. The highest BCUT2D eigenvalue weighted by Crippen LogP contribution is 2.27. The molecule has 1 unspecified atom stereocenters. The van der Waals surface area contributed by atoms with E-state index >= 15 is 0 Å². The third kappa shape index (κ3) is 2.48. The Hall–Kier alpha value is -1.09. The quantitative estimate of drug-likeness (QED) is 0.812. The van der Waals surface area contributed by atoms with Crippen LogP contribution < -0.4 is 11.3 Å². The van der Waals surface area contributed by atoms with E-state index in [9.17, 15) is 4.79 Å². The molecule has 0 aromatic carbocycles. The largest absolute Gasteiger partial charge is 0.326 e. The summed E-state index contributed by atoms with van der Waals surface area (Å²) in [6, 6.07) is 5.36. The molecule has 0 spiro atoms. The molecule has 0 saturated heterocycles. The van der Waals surface area contributed by atoms with Gasteiger partial charge in [-0.05, 0) is 24.8 Å². The zero-order valence-corrected chi connectivity index (χ0v) is 8.93. The van der Waals surface area contributed by atoms with E-state index in [4.69, 9.17) is 5.73 Å². The first kappa shape index (κ1) is 10.4. The molecular formula is C12H18N2O. The lowest BCUT2D eigenvalue weighted by molar-refractivity contribution is 0.383. The molecule has 1 saturated carbocycles. The highest BCUT2D eigenvalue weighted by molar-refractivity contribution is 4.94. The van der Waals surface area contributed by atoms with Gasteiger partial charge in [0.2, 0.25) is 0 Å². The average Bonchev–Trinajstić information content (AvgIpc) is 2.74. The normalized spacial score (nSPS) is 19.3. The molecule has 1 aromatic heterocycles. The van der Waals surface area contributed by atoms with Gasteiger partial charge in [0.25, 0.3) is 5.56 Å². The fourth-order valence-corrected chi connectivity index (χ4v) is 2.37. The molecule has 0 radical (unpaired) electrons. The first-order chi connectivity index (χ1) is 7.27. The maximum atomic E-state index is 11.5. The lowest BCUT2D eigenvalue weighted by Crippen LogP contribution is -2.36. The number of hydrogen-bond donors (Lipinski definition) is 1. The Morgan fingerprint density at radius 1 is 1.40 bits per heavy atom. The topological polar surface area (TPSA) is 48.0 Å². The summed E-state index contributed by atoms with van der Waals surface area (Å²) in [5.74, 6) is 0.608. The second-order valence-electron chi connectivity index (χ2n) is 4.40. The smallest absolute Gasteiger partial charge is 0.250 e. The molecule has 3 heteroatoms. The monoisotopic (exact) mass is 206 g/mol. The lowest BCUT2D eigenvalue weighted by atomic mass is 9.99. The summed E-state index contributed by atoms with van der Waals surface area (Å²) in [5, 5.41) is 0. The van der Waals surface area contributed by atoms with E-state index in [0.29, 0.717) is 12.5 Å². The molecule has 0 amide bonds. The molecule has 1 aliphatic carbocycles. The van der Waals surface area contributed by atoms with Crippen LogP contribution in [0, 0.1) is 5.92 Å². The van der Waals surface area contributed by atoms with Crippen molar-refractivity contribution >= 4 is 0 Å². The summed E-state index contributed by atoms with van der Waals surface area (Å²) >= 11 is 0. The Balaban J connectivity index is 2.02. The fourth-order valence-electron chi connectivity index (χ4n) is 2.37. The summed E-state index contributed by atoms with van der Waals surface area (Å²) in [6.45, 7) is 0.657. The summed E-state index contributed by atoms with van der Waals surface area (Å²) < 4.78 is 1.71. The van der Waals surface area contributed by atoms with Crippen LogP contribution in [0.3, 0.4) is 0 Å². The SMILES string of the molecule is NC(Cn1ccccc1=O)C1CCCC1. The van der Waals surface area contributed by atoms with Crippen LogP contribution in [0.5, 0.6) is 0 Å². The van der Waals surface area contributed by atoms with E-state index in [1.54, 1.807) is 16.7 Å². The Morgan fingerprint density at radius 3 is 2.80 bits per heavy atom. The van der Waals surface area contributed by atoms with Gasteiger partial charge in [0.1, 0.15) is 0 Å². The Morgan fingerprint density at radius 2 is 2.13 bits per heavy atom. The molecule has 1 heterocycles. The van der Waals surface area contributed by atoms with Crippen molar-refractivity contribution in [3.05, 3.63) is 34.7 Å². The van der Waals surface area contributed by atoms with E-state index in [0.717, 1.165) is 0 Å². The van der Waals surface area contributed by atoms with Crippen LogP contribution in [0.1, 0.15) is 25.7 Å². The van der Waals surface area contributed by atoms with Gasteiger partial charge in [0.05, 0.1) is 0 Å². The van der Waals surface area contributed by atoms with E-state index in [2.05, 4.69) is 0 Å². The van der Waals surface area contributed by atoms with Gasteiger partial charge in [-0.25, -0.2) is 0 Å². The third-order valence-electron chi connectivity index (χ3n) is 3.31. The van der Waals surface area contributed by atoms with Gasteiger partial charge in [-0.2, -0.15) is 0 Å². The van der Waals surface area contributed by atoms with Gasteiger partial charge in [0, 0.05) is 24.8 Å². The zero-order chi connectivity index (χ0) is 10.7. The minimum atomic E-state index is 0.0472. The van der Waals surface area contributed by atoms with Crippen LogP contribution in [0.4, 0.5) is 0 Å². The molecule has 15 heavy (non-hydrogen) atoms. The maximum Gasteiger partial charge on any atom is 0.250 e. The maximum absolute atomic E-state index is 11.5. The average molecular weight is 206 g/mol. The Bertz CT molecular complexity index is 366. The Labute approximate surface area is 89.9 Å². The molecule has 1 fully saturated rings. The minimum absolute atomic E-state index is 0.0472. The predicted octanol–water partition coefficient (Wildman–Crippen LogP) is 1.37. The van der Waals surface area contributed by atoms with Crippen molar-refractivity contribution in [1.29, 1.82) is 0 Å². The highest BCUT2D eigenvalue weighted by Gasteiger charge is 2.22. The zero-order valence-electron chi connectivity index (χ0n) is 8.93. The number of hydrogen-bond acceptors (Lipinski definition) is 2. The number of rotatable bonds is 3. The fraction of sp³-hybridized carbons (Fsp3) is 0.583. The summed E-state index contributed by atoms with van der Waals surface area (Å²) in [6.07, 6.45) is 6.85. The van der Waals surface area contributed by atoms with Crippen molar-refractivity contribution in [3.63, 3.8) is 0 Å². The lowest BCUT2D eigenvalue weighted by Gasteiger charge is -2.19. The van der Waals surface area contributed by atoms with Crippen LogP contribution in [0.2, 0.25) is 0 Å². The molecule has 3 nitrogen and oxygen atoms in total. The van der Waals surface area contributed by atoms with Gasteiger partial charge in [-0.3, -0.25) is 4.79 Å². The van der Waals surface area contributed by atoms with Gasteiger partial charge in [0.15, 0.2) is 0 Å². The number of nitrogens with zero attached hydrogens (tertiary/aromatic N) is 1. The van der Waals surface area contributed by atoms with E-state index in [1.807, 2.05) is 12.3 Å². The predicted molar refractivity (Wildman–Crippen MR) is 60.6 cm³/mol. The molecule has 1 atom stereocenters. The van der Waals surface area contributed by atoms with Crippen molar-refractivity contribution in [3.8, 4) is 0 Å². The van der Waals surface area contributed by atoms with E-state index in [1.165, 1.54) is 25.7 Å². The molecular weight excluding hydrogens is 188 g/mol. The minimum Gasteiger partial charge on any atom is -0.326 e. The molecule has 0 bridgehead atoms. The van der Waals surface area contributed by atoms with Crippen molar-refractivity contribution in [2.75, 3.05) is 0 Å². The molecule has 2 N–H and O–H groups in total. The Kier molecular flexibility index (Phi) is 3.21. The summed E-state index contributed by atoms with van der Waals surface area (Å²) in [5.41, 5.74) is 6.17. The van der Waals surface area contributed by atoms with Crippen LogP contribution in [-0.4, -0.2) is 10.6 Å². The second-order valence-corrected chi connectivity index (χ2v) is 4.40. The highest BCUT2D eigenvalue weighted by atomic mass is 16.1. The van der Waals surface area contributed by atoms with E-state index < -0.39 is 0 Å². The second kappa shape index (κ2) is 4.62. The van der Waals surface area contributed by atoms with Gasteiger partial charge in [-0.1, -0.05) is 18.9 Å². The molecule has 1 aromatic rings. The van der Waals surface area contributed by atoms with Crippen molar-refractivity contribution in [2.24, 2.45) is 11.7 Å². The third-order valence-corrected chi connectivity index (χ3v) is 3.31. The van der Waals surface area contributed by atoms with Crippen molar-refractivity contribution in [1.82, 2.24) is 4.57 Å². The molecule has 1 aliphatic rings. The van der Waals surface area contributed by atoms with Crippen LogP contribution in [0.15, 0.2) is 29.2 Å². The van der Waals surface area contributed by atoms with Crippen LogP contribution in [0.25, 0.3) is 0 Å². The standard InChI is InChI=1S/C12H18N2O/c13-11(10-5-1-2-6-10)9-14-8-4-3-7-12(14)15/h3-4,7-8,10-11H,1-2,5-6,9,13H2. The molecule has 0 aliphatic heterocycles.